The van der Waals surface area contributed by atoms with Crippen LogP contribution in [-0.4, -0.2) is 59.8 Å². The molecule has 0 aliphatic carbocycles. The molecule has 5 heteroatoms. The van der Waals surface area contributed by atoms with Gasteiger partial charge < -0.3 is 10.2 Å². The molecule has 4 rings (SSSR count). The first-order valence-electron chi connectivity index (χ1n) is 12.0. The minimum Gasteiger partial charge on any atom is -0.381 e. The summed E-state index contributed by atoms with van der Waals surface area (Å²) in [5.41, 5.74) is 6.72. The molecular formula is C27H37N5. The molecule has 2 fully saturated rings. The lowest BCUT2D eigenvalue weighted by Crippen LogP contribution is -2.41. The minimum absolute atomic E-state index is 0.401. The Bertz CT molecular complexity index is 952. The molecule has 0 amide bonds. The van der Waals surface area contributed by atoms with E-state index in [1.54, 1.807) is 0 Å². The van der Waals surface area contributed by atoms with Crippen molar-refractivity contribution in [3.05, 3.63) is 65.6 Å². The zero-order valence-electron chi connectivity index (χ0n) is 19.7. The predicted octanol–water partition coefficient (Wildman–Crippen LogP) is 4.61. The number of pyridine rings is 1. The van der Waals surface area contributed by atoms with Gasteiger partial charge in [-0.2, -0.15) is 0 Å². The highest BCUT2D eigenvalue weighted by atomic mass is 15.1. The topological polar surface area (TPSA) is 55.3 Å². The maximum atomic E-state index is 8.81. The summed E-state index contributed by atoms with van der Waals surface area (Å²) in [5.74, 6) is 0. The number of nitrogens with zero attached hydrogens (tertiary/aromatic N) is 3. The summed E-state index contributed by atoms with van der Waals surface area (Å²) in [7, 11) is 2.17. The molecule has 2 aliphatic rings. The van der Waals surface area contributed by atoms with Gasteiger partial charge in [0.15, 0.2) is 0 Å². The standard InChI is InChI=1S/C27H37N5/c1-20-7-8-23(24-15-22(17-29-18-24)19-32-11-5-4-6-12-32)16-26(20)27(28)21(2)30-25-9-13-31(3)14-10-25/h7-8,15-18,25,28,30H,2,4-6,9-14,19H2,1,3H3. The van der Waals surface area contributed by atoms with Gasteiger partial charge in [-0.25, -0.2) is 0 Å². The Morgan fingerprint density at radius 2 is 1.81 bits per heavy atom. The lowest BCUT2D eigenvalue weighted by atomic mass is 9.95. The van der Waals surface area contributed by atoms with Gasteiger partial charge in [0.1, 0.15) is 0 Å². The molecule has 0 radical (unpaired) electrons. The molecular weight excluding hydrogens is 394 g/mol. The van der Waals surface area contributed by atoms with E-state index in [0.29, 0.717) is 11.8 Å². The van der Waals surface area contributed by atoms with Gasteiger partial charge in [-0.3, -0.25) is 15.3 Å². The van der Waals surface area contributed by atoms with Crippen molar-refractivity contribution in [2.45, 2.75) is 51.6 Å². The number of aromatic nitrogens is 1. The second-order valence-corrected chi connectivity index (χ2v) is 9.52. The second kappa shape index (κ2) is 10.4. The molecule has 1 aromatic carbocycles. The number of rotatable bonds is 7. The van der Waals surface area contributed by atoms with E-state index in [0.717, 1.165) is 60.4 Å². The number of hydrogen-bond acceptors (Lipinski definition) is 5. The van der Waals surface area contributed by atoms with Crippen molar-refractivity contribution in [2.75, 3.05) is 33.2 Å². The summed E-state index contributed by atoms with van der Waals surface area (Å²) >= 11 is 0. The van der Waals surface area contributed by atoms with Crippen LogP contribution in [0.4, 0.5) is 0 Å². The van der Waals surface area contributed by atoms with E-state index in [1.807, 2.05) is 12.4 Å². The van der Waals surface area contributed by atoms with Crippen LogP contribution in [0.1, 0.15) is 48.8 Å². The molecule has 2 saturated heterocycles. The van der Waals surface area contributed by atoms with Crippen LogP contribution in [0.3, 0.4) is 0 Å². The van der Waals surface area contributed by atoms with Crippen LogP contribution in [0.2, 0.25) is 0 Å². The summed E-state index contributed by atoms with van der Waals surface area (Å²) in [6.45, 7) is 11.8. The molecule has 0 atom stereocenters. The summed E-state index contributed by atoms with van der Waals surface area (Å²) < 4.78 is 0. The lowest BCUT2D eigenvalue weighted by molar-refractivity contribution is 0.220. The molecule has 3 heterocycles. The number of aryl methyl sites for hydroxylation is 1. The third-order valence-electron chi connectivity index (χ3n) is 6.89. The average Bonchev–Trinajstić information content (AvgIpc) is 2.81. The van der Waals surface area contributed by atoms with Crippen molar-refractivity contribution in [3.8, 4) is 11.1 Å². The van der Waals surface area contributed by atoms with Crippen molar-refractivity contribution in [3.63, 3.8) is 0 Å². The fourth-order valence-electron chi connectivity index (χ4n) is 4.81. The summed E-state index contributed by atoms with van der Waals surface area (Å²) in [4.78, 5) is 9.41. The zero-order valence-corrected chi connectivity index (χ0v) is 19.7. The molecule has 0 bridgehead atoms. The molecule has 2 aromatic rings. The predicted molar refractivity (Wildman–Crippen MR) is 133 cm³/mol. The second-order valence-electron chi connectivity index (χ2n) is 9.52. The summed E-state index contributed by atoms with van der Waals surface area (Å²) in [5, 5.41) is 12.3. The Morgan fingerprint density at radius 3 is 2.56 bits per heavy atom. The third kappa shape index (κ3) is 5.64. The molecule has 2 N–H and O–H groups in total. The molecule has 0 saturated carbocycles. The van der Waals surface area contributed by atoms with Crippen LogP contribution >= 0.6 is 0 Å². The quantitative estimate of drug-likeness (QED) is 0.629. The van der Waals surface area contributed by atoms with E-state index in [4.69, 9.17) is 5.41 Å². The van der Waals surface area contributed by atoms with Crippen molar-refractivity contribution in [2.24, 2.45) is 0 Å². The van der Waals surface area contributed by atoms with Crippen LogP contribution in [-0.2, 0) is 6.54 Å². The van der Waals surface area contributed by atoms with Crippen LogP contribution in [0.5, 0.6) is 0 Å². The third-order valence-corrected chi connectivity index (χ3v) is 6.89. The fraction of sp³-hybridized carbons (Fsp3) is 0.481. The number of piperidine rings is 2. The Balaban J connectivity index is 1.48. The van der Waals surface area contributed by atoms with E-state index >= 15 is 0 Å². The Labute approximate surface area is 193 Å². The van der Waals surface area contributed by atoms with Crippen LogP contribution in [0.25, 0.3) is 11.1 Å². The molecule has 1 aromatic heterocycles. The van der Waals surface area contributed by atoms with E-state index in [1.165, 1.54) is 37.9 Å². The smallest absolute Gasteiger partial charge is 0.0840 e. The van der Waals surface area contributed by atoms with Crippen LogP contribution < -0.4 is 5.32 Å². The zero-order chi connectivity index (χ0) is 22.5. The first-order valence-corrected chi connectivity index (χ1v) is 12.0. The number of hydrogen-bond donors (Lipinski definition) is 2. The highest BCUT2D eigenvalue weighted by Gasteiger charge is 2.19. The maximum Gasteiger partial charge on any atom is 0.0840 e. The van der Waals surface area contributed by atoms with Crippen molar-refractivity contribution in [1.29, 1.82) is 5.41 Å². The summed E-state index contributed by atoms with van der Waals surface area (Å²) in [6.07, 6.45) is 10.1. The minimum atomic E-state index is 0.401. The normalized spacial score (nSPS) is 18.4. The van der Waals surface area contributed by atoms with Gasteiger partial charge in [-0.05, 0) is 94.7 Å². The maximum absolute atomic E-state index is 8.81. The summed E-state index contributed by atoms with van der Waals surface area (Å²) in [6, 6.07) is 9.03. The van der Waals surface area contributed by atoms with Gasteiger partial charge in [-0.15, -0.1) is 0 Å². The molecule has 2 aliphatic heterocycles. The Kier molecular flexibility index (Phi) is 7.38. The molecule has 0 spiro atoms. The van der Waals surface area contributed by atoms with Gasteiger partial charge in [0.2, 0.25) is 0 Å². The first-order chi connectivity index (χ1) is 15.5. The molecule has 5 nitrogen and oxygen atoms in total. The van der Waals surface area contributed by atoms with E-state index in [2.05, 4.69) is 64.9 Å². The lowest BCUT2D eigenvalue weighted by Gasteiger charge is -2.31. The van der Waals surface area contributed by atoms with Gasteiger partial charge in [0.05, 0.1) is 11.4 Å². The fourth-order valence-corrected chi connectivity index (χ4v) is 4.81. The number of nitrogens with one attached hydrogen (secondary N) is 2. The molecule has 0 unspecified atom stereocenters. The number of benzene rings is 1. The van der Waals surface area contributed by atoms with Crippen molar-refractivity contribution >= 4 is 5.71 Å². The van der Waals surface area contributed by atoms with E-state index in [-0.39, 0.29) is 0 Å². The average molecular weight is 432 g/mol. The largest absolute Gasteiger partial charge is 0.381 e. The number of likely N-dealkylation sites (tertiary alicyclic amines) is 2. The Morgan fingerprint density at radius 1 is 1.06 bits per heavy atom. The van der Waals surface area contributed by atoms with Crippen LogP contribution in [0.15, 0.2) is 48.9 Å². The van der Waals surface area contributed by atoms with E-state index < -0.39 is 0 Å². The first kappa shape index (κ1) is 22.7. The molecule has 170 valence electrons. The highest BCUT2D eigenvalue weighted by molar-refractivity contribution is 6.11. The molecule has 32 heavy (non-hydrogen) atoms. The van der Waals surface area contributed by atoms with Gasteiger partial charge >= 0.3 is 0 Å². The van der Waals surface area contributed by atoms with Crippen molar-refractivity contribution < 1.29 is 0 Å². The SMILES string of the molecule is C=C(NC1CCN(C)CC1)C(=N)c1cc(-c2cncc(CN3CCCCC3)c2)ccc1C. The van der Waals surface area contributed by atoms with Crippen LogP contribution in [0, 0.1) is 12.3 Å². The van der Waals surface area contributed by atoms with Gasteiger partial charge in [0.25, 0.3) is 0 Å². The van der Waals surface area contributed by atoms with E-state index in [9.17, 15) is 0 Å². The Hall–Kier alpha value is -2.50. The van der Waals surface area contributed by atoms with Crippen molar-refractivity contribution in [1.82, 2.24) is 20.1 Å². The van der Waals surface area contributed by atoms with Gasteiger partial charge in [0, 0.05) is 36.1 Å². The highest BCUT2D eigenvalue weighted by Crippen LogP contribution is 2.25. The number of allylic oxidation sites excluding steroid dienone is 1. The monoisotopic (exact) mass is 431 g/mol. The van der Waals surface area contributed by atoms with Gasteiger partial charge in [-0.1, -0.05) is 25.1 Å².